The molecule has 0 spiro atoms. The van der Waals surface area contributed by atoms with E-state index >= 15 is 0 Å². The van der Waals surface area contributed by atoms with E-state index in [1.165, 1.54) is 16.8 Å². The van der Waals surface area contributed by atoms with Crippen LogP contribution in [-0.4, -0.2) is 0 Å². The van der Waals surface area contributed by atoms with Gasteiger partial charge in [0.25, 0.3) is 0 Å². The van der Waals surface area contributed by atoms with Crippen LogP contribution in [0.25, 0.3) is 6.08 Å². The minimum atomic E-state index is 0.789. The lowest BCUT2D eigenvalue weighted by Crippen LogP contribution is -2.07. The summed E-state index contributed by atoms with van der Waals surface area (Å²) >= 11 is 4.52. The molecule has 0 unspecified atom stereocenters. The molecule has 0 saturated carbocycles. The molecule has 3 N–H and O–H groups in total. The summed E-state index contributed by atoms with van der Waals surface area (Å²) in [7, 11) is 0. The molecule has 0 aliphatic heterocycles. The van der Waals surface area contributed by atoms with Gasteiger partial charge in [-0.25, -0.2) is 0 Å². The highest BCUT2D eigenvalue weighted by Crippen LogP contribution is 2.31. The van der Waals surface area contributed by atoms with Crippen molar-refractivity contribution in [3.8, 4) is 0 Å². The molecule has 1 aliphatic carbocycles. The first-order chi connectivity index (χ1) is 9.22. The second-order valence-corrected chi connectivity index (χ2v) is 5.26. The molecule has 1 aliphatic rings. The van der Waals surface area contributed by atoms with Gasteiger partial charge in [0.05, 0.1) is 0 Å². The summed E-state index contributed by atoms with van der Waals surface area (Å²) in [5, 5.41) is 3.46. The van der Waals surface area contributed by atoms with Crippen LogP contribution >= 0.6 is 12.6 Å². The van der Waals surface area contributed by atoms with Crippen LogP contribution in [0.1, 0.15) is 17.5 Å². The Balaban J connectivity index is 1.91. The van der Waals surface area contributed by atoms with Gasteiger partial charge >= 0.3 is 0 Å². The number of anilines is 2. The summed E-state index contributed by atoms with van der Waals surface area (Å²) in [6, 6.07) is 14.2. The van der Waals surface area contributed by atoms with Crippen LogP contribution in [0.2, 0.25) is 0 Å². The Bertz CT molecular complexity index is 633. The normalized spacial score (nSPS) is 13.6. The van der Waals surface area contributed by atoms with Gasteiger partial charge in [0.15, 0.2) is 0 Å². The third-order valence-corrected chi connectivity index (χ3v) is 3.70. The molecule has 0 atom stereocenters. The third-order valence-electron chi connectivity index (χ3n) is 3.33. The zero-order valence-electron chi connectivity index (χ0n) is 10.6. The SMILES string of the molecule is Nc1cc(S)c2c(c1)CCC(Nc1ccccc1)=C2. The van der Waals surface area contributed by atoms with Gasteiger partial charge < -0.3 is 11.1 Å². The van der Waals surface area contributed by atoms with Crippen molar-refractivity contribution in [3.05, 3.63) is 59.3 Å². The topological polar surface area (TPSA) is 38.0 Å². The lowest BCUT2D eigenvalue weighted by Gasteiger charge is -2.20. The second-order valence-electron chi connectivity index (χ2n) is 4.77. The molecule has 2 nitrogen and oxygen atoms in total. The summed E-state index contributed by atoms with van der Waals surface area (Å²) in [6.07, 6.45) is 4.17. The van der Waals surface area contributed by atoms with E-state index < -0.39 is 0 Å². The van der Waals surface area contributed by atoms with Crippen molar-refractivity contribution in [1.82, 2.24) is 0 Å². The van der Waals surface area contributed by atoms with Crippen LogP contribution in [0.4, 0.5) is 11.4 Å². The monoisotopic (exact) mass is 268 g/mol. The highest BCUT2D eigenvalue weighted by molar-refractivity contribution is 7.80. The summed E-state index contributed by atoms with van der Waals surface area (Å²) in [5.74, 6) is 0. The fourth-order valence-electron chi connectivity index (χ4n) is 2.42. The van der Waals surface area contributed by atoms with Gasteiger partial charge in [0, 0.05) is 22.0 Å². The Hall–Kier alpha value is -1.87. The Morgan fingerprint density at radius 3 is 2.63 bits per heavy atom. The van der Waals surface area contributed by atoms with Gasteiger partial charge in [-0.15, -0.1) is 12.6 Å². The van der Waals surface area contributed by atoms with Gasteiger partial charge in [-0.05, 0) is 54.3 Å². The van der Waals surface area contributed by atoms with Gasteiger partial charge in [-0.2, -0.15) is 0 Å². The van der Waals surface area contributed by atoms with Crippen molar-refractivity contribution in [2.45, 2.75) is 17.7 Å². The Morgan fingerprint density at radius 2 is 1.84 bits per heavy atom. The van der Waals surface area contributed by atoms with Crippen molar-refractivity contribution in [2.24, 2.45) is 0 Å². The number of hydrogen-bond acceptors (Lipinski definition) is 3. The number of allylic oxidation sites excluding steroid dienone is 1. The molecule has 2 aromatic rings. The van der Waals surface area contributed by atoms with E-state index in [2.05, 4.69) is 36.2 Å². The fourth-order valence-corrected chi connectivity index (χ4v) is 2.77. The number of hydrogen-bond donors (Lipinski definition) is 3. The molecule has 0 aromatic heterocycles. The van der Waals surface area contributed by atoms with Crippen LogP contribution in [0.5, 0.6) is 0 Å². The predicted octanol–water partition coefficient (Wildman–Crippen LogP) is 3.96. The Morgan fingerprint density at radius 1 is 1.05 bits per heavy atom. The van der Waals surface area contributed by atoms with Crippen molar-refractivity contribution in [3.63, 3.8) is 0 Å². The van der Waals surface area contributed by atoms with Gasteiger partial charge in [0.2, 0.25) is 0 Å². The maximum absolute atomic E-state index is 5.86. The maximum Gasteiger partial charge on any atom is 0.0381 e. The Labute approximate surface area is 118 Å². The summed E-state index contributed by atoms with van der Waals surface area (Å²) in [4.78, 5) is 0.946. The molecule has 3 heteroatoms. The first-order valence-corrected chi connectivity index (χ1v) is 6.81. The number of nitrogens with two attached hydrogens (primary N) is 1. The number of nitrogen functional groups attached to an aromatic ring is 1. The molecular formula is C16H16N2S. The van der Waals surface area contributed by atoms with Gasteiger partial charge in [-0.1, -0.05) is 18.2 Å². The largest absolute Gasteiger partial charge is 0.399 e. The fraction of sp³-hybridized carbons (Fsp3) is 0.125. The second kappa shape index (κ2) is 5.02. The number of rotatable bonds is 2. The molecular weight excluding hydrogens is 252 g/mol. The first kappa shape index (κ1) is 12.2. The number of para-hydroxylation sites is 1. The van der Waals surface area contributed by atoms with Crippen molar-refractivity contribution < 1.29 is 0 Å². The lowest BCUT2D eigenvalue weighted by molar-refractivity contribution is 0.925. The molecule has 96 valence electrons. The molecule has 0 bridgehead atoms. The number of fused-ring (bicyclic) bond motifs is 1. The van der Waals surface area contributed by atoms with E-state index in [4.69, 9.17) is 5.73 Å². The Kier molecular flexibility index (Phi) is 3.22. The van der Waals surface area contributed by atoms with Gasteiger partial charge in [0.1, 0.15) is 0 Å². The number of nitrogens with one attached hydrogen (secondary N) is 1. The van der Waals surface area contributed by atoms with Gasteiger partial charge in [-0.3, -0.25) is 0 Å². The smallest absolute Gasteiger partial charge is 0.0381 e. The molecule has 0 fully saturated rings. The van der Waals surface area contributed by atoms with Crippen LogP contribution in [0.15, 0.2) is 53.1 Å². The molecule has 3 rings (SSSR count). The highest BCUT2D eigenvalue weighted by Gasteiger charge is 2.13. The van der Waals surface area contributed by atoms with Crippen LogP contribution in [0.3, 0.4) is 0 Å². The molecule has 0 saturated heterocycles. The minimum Gasteiger partial charge on any atom is -0.399 e. The number of benzene rings is 2. The third kappa shape index (κ3) is 2.61. The summed E-state index contributed by atoms with van der Waals surface area (Å²) < 4.78 is 0. The standard InChI is InChI=1S/C16H16N2S/c17-12-8-11-6-7-14(10-15(11)16(19)9-12)18-13-4-2-1-3-5-13/h1-5,8-10,18-19H,6-7,17H2. The average molecular weight is 268 g/mol. The van der Waals surface area contributed by atoms with E-state index in [1.807, 2.05) is 30.3 Å². The molecule has 0 heterocycles. The minimum absolute atomic E-state index is 0.789. The molecule has 19 heavy (non-hydrogen) atoms. The maximum atomic E-state index is 5.86. The molecule has 0 amide bonds. The average Bonchev–Trinajstić information content (AvgIpc) is 2.40. The van der Waals surface area contributed by atoms with Crippen molar-refractivity contribution in [2.75, 3.05) is 11.1 Å². The molecule has 2 aromatic carbocycles. The summed E-state index contributed by atoms with van der Waals surface area (Å²) in [6.45, 7) is 0. The highest BCUT2D eigenvalue weighted by atomic mass is 32.1. The summed E-state index contributed by atoms with van der Waals surface area (Å²) in [5.41, 5.74) is 11.4. The van der Waals surface area contributed by atoms with E-state index in [-0.39, 0.29) is 0 Å². The lowest BCUT2D eigenvalue weighted by atomic mass is 9.94. The predicted molar refractivity (Wildman–Crippen MR) is 84.5 cm³/mol. The number of thiol groups is 1. The first-order valence-electron chi connectivity index (χ1n) is 6.36. The quantitative estimate of drug-likeness (QED) is 0.570. The zero-order valence-corrected chi connectivity index (χ0v) is 11.5. The number of aryl methyl sites for hydroxylation is 1. The van der Waals surface area contributed by atoms with E-state index in [9.17, 15) is 0 Å². The van der Waals surface area contributed by atoms with Crippen LogP contribution in [-0.2, 0) is 6.42 Å². The van der Waals surface area contributed by atoms with Crippen LogP contribution < -0.4 is 11.1 Å². The van der Waals surface area contributed by atoms with Crippen molar-refractivity contribution in [1.29, 1.82) is 0 Å². The van der Waals surface area contributed by atoms with E-state index in [0.717, 1.165) is 29.1 Å². The van der Waals surface area contributed by atoms with Crippen molar-refractivity contribution >= 4 is 30.1 Å². The zero-order chi connectivity index (χ0) is 13.2. The molecule has 0 radical (unpaired) electrons. The van der Waals surface area contributed by atoms with E-state index in [0.29, 0.717) is 0 Å². The van der Waals surface area contributed by atoms with E-state index in [1.54, 1.807) is 0 Å². The van der Waals surface area contributed by atoms with Crippen LogP contribution in [0, 0.1) is 0 Å².